The first-order valence-corrected chi connectivity index (χ1v) is 56.6. The molecule has 0 rings (SSSR count). The van der Waals surface area contributed by atoms with E-state index in [0.717, 1.165) is 168 Å². The van der Waals surface area contributed by atoms with Crippen LogP contribution in [0.15, 0.2) is 0 Å². The van der Waals surface area contributed by atoms with Crippen LogP contribution in [-0.4, -0.2) is 335 Å². The molecule has 0 amide bonds. The topological polar surface area (TPSA) is 137 Å². The van der Waals surface area contributed by atoms with E-state index in [1.807, 2.05) is 34.6 Å². The molecule has 16 nitrogen and oxygen atoms in total. The maximum absolute atomic E-state index is 11.5. The summed E-state index contributed by atoms with van der Waals surface area (Å²) in [6.07, 6.45) is 22.0. The van der Waals surface area contributed by atoms with Crippen LogP contribution in [0, 0.1) is 0 Å². The summed E-state index contributed by atoms with van der Waals surface area (Å²) in [5.41, 5.74) is 0. The van der Waals surface area contributed by atoms with E-state index in [1.54, 1.807) is 23.5 Å². The molecule has 0 aromatic heterocycles. The largest absolute Gasteiger partial charge is 0.330 e. The number of hydrogen-bond donors (Lipinski definition) is 0. The Morgan fingerprint density at radius 2 is 0.317 bits per heavy atom. The van der Waals surface area contributed by atoms with Crippen LogP contribution in [0.2, 0.25) is 0 Å². The van der Waals surface area contributed by atoms with Crippen molar-refractivity contribution in [3.05, 3.63) is 0 Å². The summed E-state index contributed by atoms with van der Waals surface area (Å²) in [5, 5.41) is 2.75. The van der Waals surface area contributed by atoms with E-state index in [1.165, 1.54) is 271 Å². The Kier molecular flexibility index (Phi) is 101. The van der Waals surface area contributed by atoms with Crippen molar-refractivity contribution in [2.24, 2.45) is 0 Å². The van der Waals surface area contributed by atoms with Gasteiger partial charge in [0.2, 0.25) is 0 Å². The van der Waals surface area contributed by atoms with Crippen LogP contribution in [0.3, 0.4) is 0 Å². The molecule has 120 heavy (non-hydrogen) atoms. The third-order valence-corrected chi connectivity index (χ3v) is 30.5. The Morgan fingerprint density at radius 3 is 0.450 bits per heavy atom. The van der Waals surface area contributed by atoms with Gasteiger partial charge in [-0.2, -0.15) is 0 Å². The molecule has 0 heterocycles. The number of hydrogen-bond acceptors (Lipinski definition) is 16. The van der Waals surface area contributed by atoms with Gasteiger partial charge in [-0.15, -0.1) is 0 Å². The molecule has 2 unspecified atom stereocenters. The predicted molar refractivity (Wildman–Crippen MR) is 553 cm³/mol. The van der Waals surface area contributed by atoms with Crippen molar-refractivity contribution in [3.8, 4) is 0 Å². The molecule has 720 valence electrons. The van der Waals surface area contributed by atoms with E-state index < -0.39 is 0 Å². The third kappa shape index (κ3) is 82.3. The highest BCUT2D eigenvalue weighted by molar-refractivity contribution is 8.15. The Bertz CT molecular complexity index is 2370. The van der Waals surface area contributed by atoms with Gasteiger partial charge in [0.05, 0.1) is 258 Å². The van der Waals surface area contributed by atoms with Crippen LogP contribution in [0.1, 0.15) is 321 Å². The molecule has 0 N–H and O–H groups in total. The van der Waals surface area contributed by atoms with Crippen molar-refractivity contribution in [1.29, 1.82) is 0 Å². The van der Waals surface area contributed by atoms with Crippen molar-refractivity contribution < 1.29 is 74.2 Å². The molecular formula is C96H208N8O8S8+8. The van der Waals surface area contributed by atoms with Crippen LogP contribution in [-0.2, 0) is 38.4 Å². The van der Waals surface area contributed by atoms with Crippen molar-refractivity contribution in [1.82, 2.24) is 0 Å². The SMILES string of the molecule is CCC(=O)SCC[N+](C)(C)C.CCC(=O)SCC[N+](CC)(CC)CC.CCCC(=O)SCC[N+](C)(C)C.CCCC(=O)SCC[N+](CC)(CC)CC.CCCC(=O)SCC[N+](CC)(CCC)CCC.CCCC[N+](CC)(CCC)CCSC(=O)CC.CCCC[N+](CC)(CCC)CCSC(=O)CCC.CCC[N+](CC)(CCC)CCSC(=O)CC. The zero-order chi connectivity index (χ0) is 93.9. The van der Waals surface area contributed by atoms with Gasteiger partial charge < -0.3 is 35.9 Å². The quantitative estimate of drug-likeness (QED) is 0.0534. The number of unbranched alkanes of at least 4 members (excludes halogenated alkanes) is 2. The molecule has 0 aromatic carbocycles. The molecule has 0 saturated heterocycles. The molecule has 0 radical (unpaired) electrons. The van der Waals surface area contributed by atoms with Gasteiger partial charge in [-0.05, 0) is 146 Å². The van der Waals surface area contributed by atoms with Crippen LogP contribution >= 0.6 is 94.1 Å². The van der Waals surface area contributed by atoms with E-state index in [9.17, 15) is 38.4 Å². The minimum atomic E-state index is 0.304. The normalized spacial score (nSPS) is 12.5. The standard InChI is InChI=1S/C15H32NOS.2C14H30NOS.C13H28NOS.C12H26NOS.C11H24NOS.C9H20NOS.C8H18NOS/c1-5-9-12-16(8-4,11-7-3)13-14-18-15(17)10-6-2;1-5-9-11-15(8-4,10-6-2)12-13-17-14(16)7-3;1-5-9-14(16)17-13-12-15(8-4,10-6-2)11-7-3;1-5-9-14(8-4,10-6-2)11-12-16-13(15)7-3;1-5-9-12(14)15-11-10-13(6-2,7-3)8-4;1-5-11(13)14-10-9-12(6-2,7-3)8-4;1-5-6-9(11)12-8-7-10(2,3)4;1-5-8(10)11-7-6-9(2,3)4/h5-14H2,1-4H3;2*5-13H2,1-4H3;5-12H2,1-4H3;5-11H2,1-4H3;5-10H2,1-4H3;5-8H2,1-4H3;5-7H2,1-4H3/q8*+1. The molecule has 0 aliphatic rings. The summed E-state index contributed by atoms with van der Waals surface area (Å²) >= 11 is 12.1. The number of rotatable bonds is 64. The average Bonchev–Trinajstić information content (AvgIpc) is 0.905. The van der Waals surface area contributed by atoms with Crippen LogP contribution in [0.25, 0.3) is 0 Å². The molecule has 0 spiro atoms. The molecule has 24 heteroatoms. The van der Waals surface area contributed by atoms with Crippen molar-refractivity contribution >= 4 is 135 Å². The summed E-state index contributed by atoms with van der Waals surface area (Å²) in [7, 11) is 12.8. The van der Waals surface area contributed by atoms with E-state index in [2.05, 4.69) is 188 Å². The minimum Gasteiger partial charge on any atom is -0.330 e. The molecule has 0 aliphatic heterocycles. The van der Waals surface area contributed by atoms with Crippen LogP contribution < -0.4 is 0 Å². The molecule has 0 saturated carbocycles. The number of carbonyl (C=O) groups excluding carboxylic acids is 8. The number of quaternary nitrogens is 8. The first kappa shape index (κ1) is 135. The molecule has 0 bridgehead atoms. The van der Waals surface area contributed by atoms with E-state index in [0.29, 0.717) is 66.6 Å². The van der Waals surface area contributed by atoms with Gasteiger partial charge in [0.15, 0.2) is 40.9 Å². The monoisotopic (exact) mass is 1860 g/mol. The van der Waals surface area contributed by atoms with Gasteiger partial charge in [0.1, 0.15) is 0 Å². The second-order valence-corrected chi connectivity index (χ2v) is 43.5. The molecule has 2 atom stereocenters. The zero-order valence-electron chi connectivity index (χ0n) is 85.7. The fourth-order valence-electron chi connectivity index (χ4n) is 13.9. The Morgan fingerprint density at radius 1 is 0.167 bits per heavy atom. The molecule has 0 aromatic rings. The maximum atomic E-state index is 11.5. The van der Waals surface area contributed by atoms with Gasteiger partial charge in [-0.3, -0.25) is 38.4 Å². The fourth-order valence-corrected chi connectivity index (χ4v) is 22.0. The first-order valence-electron chi connectivity index (χ1n) is 48.7. The second-order valence-electron chi connectivity index (χ2n) is 34.3. The fraction of sp³-hybridized carbons (Fsp3) is 0.917. The second kappa shape index (κ2) is 89.4. The van der Waals surface area contributed by atoms with E-state index >= 15 is 0 Å². The Labute approximate surface area is 782 Å². The Balaban J connectivity index is -0.000000200. The highest BCUT2D eigenvalue weighted by Crippen LogP contribution is 2.21. The summed E-state index contributed by atoms with van der Waals surface area (Å²) in [6, 6.07) is 0. The lowest BCUT2D eigenvalue weighted by molar-refractivity contribution is -0.924. The summed E-state index contributed by atoms with van der Waals surface area (Å²) in [4.78, 5) is 90.0. The predicted octanol–water partition coefficient (Wildman–Crippen LogP) is 23.4. The van der Waals surface area contributed by atoms with Gasteiger partial charge in [0, 0.05) is 51.4 Å². The average molecular weight is 1860 g/mol. The highest BCUT2D eigenvalue weighted by atomic mass is 32.2. The van der Waals surface area contributed by atoms with Crippen LogP contribution in [0.4, 0.5) is 0 Å². The van der Waals surface area contributed by atoms with Gasteiger partial charge in [-0.25, -0.2) is 0 Å². The lowest BCUT2D eigenvalue weighted by Gasteiger charge is -2.37. The number of thioether (sulfide) groups is 8. The zero-order valence-corrected chi connectivity index (χ0v) is 92.2. The first-order chi connectivity index (χ1) is 56.7. The van der Waals surface area contributed by atoms with Gasteiger partial charge in [-0.1, -0.05) is 218 Å². The van der Waals surface area contributed by atoms with Crippen molar-refractivity contribution in [2.45, 2.75) is 321 Å². The third-order valence-electron chi connectivity index (χ3n) is 22.9. The van der Waals surface area contributed by atoms with Crippen molar-refractivity contribution in [2.75, 3.05) is 258 Å². The van der Waals surface area contributed by atoms with Gasteiger partial charge in [0.25, 0.3) is 0 Å². The van der Waals surface area contributed by atoms with E-state index in [4.69, 9.17) is 0 Å². The van der Waals surface area contributed by atoms with Gasteiger partial charge >= 0.3 is 0 Å². The van der Waals surface area contributed by atoms with Crippen molar-refractivity contribution in [3.63, 3.8) is 0 Å². The molecule has 0 fully saturated rings. The lowest BCUT2D eigenvalue weighted by Crippen LogP contribution is -2.50. The molecular weight excluding hydrogens is 1650 g/mol. The smallest absolute Gasteiger partial charge is 0.189 e. The maximum Gasteiger partial charge on any atom is 0.189 e. The minimum absolute atomic E-state index is 0.304. The summed E-state index contributed by atoms with van der Waals surface area (Å²) in [5.74, 6) is 7.81. The summed E-state index contributed by atoms with van der Waals surface area (Å²) in [6.45, 7) is 87.5. The number of nitrogens with zero attached hydrogens (tertiary/aromatic N) is 8. The Hall–Kier alpha value is -0.160. The van der Waals surface area contributed by atoms with E-state index in [-0.39, 0.29) is 0 Å². The van der Waals surface area contributed by atoms with Crippen LogP contribution in [0.5, 0.6) is 0 Å². The number of carbonyl (C=O) groups is 8. The lowest BCUT2D eigenvalue weighted by atomic mass is 10.2. The summed E-state index contributed by atoms with van der Waals surface area (Å²) < 4.78 is 8.95. The molecule has 0 aliphatic carbocycles. The highest BCUT2D eigenvalue weighted by Gasteiger charge is 2.29.